The molecular weight excluding hydrogens is 204 g/mol. The molecule has 1 unspecified atom stereocenters. The average molecular weight is 218 g/mol. The Hall–Kier alpha value is -1.40. The molecule has 1 N–H and O–H groups in total. The quantitative estimate of drug-likeness (QED) is 0.389. The largest absolute Gasteiger partial charge is 0.478 e. The molecule has 0 aliphatic heterocycles. The van der Waals surface area contributed by atoms with Crippen molar-refractivity contribution >= 4 is 11.9 Å². The van der Waals surface area contributed by atoms with Crippen LogP contribution in [0.3, 0.4) is 0 Å². The molecule has 1 atom stereocenters. The second-order valence-electron chi connectivity index (χ2n) is 2.86. The molecule has 86 valence electrons. The summed E-state index contributed by atoms with van der Waals surface area (Å²) >= 11 is 0. The molecule has 0 rings (SSSR count). The summed E-state index contributed by atoms with van der Waals surface area (Å²) < 4.78 is 14.5. The van der Waals surface area contributed by atoms with Crippen LogP contribution in [-0.2, 0) is 23.8 Å². The standard InChI is InChI=1S/C9H14O6/c1-9(14-3,6-13-2)15-8(12)5-4-7(10)11/h4-5H,6H2,1-3H3,(H,10,11). The minimum Gasteiger partial charge on any atom is -0.478 e. The van der Waals surface area contributed by atoms with E-state index in [4.69, 9.17) is 19.3 Å². The van der Waals surface area contributed by atoms with E-state index in [1.807, 2.05) is 0 Å². The molecule has 0 fully saturated rings. The smallest absolute Gasteiger partial charge is 0.333 e. The Morgan fingerprint density at radius 3 is 2.33 bits per heavy atom. The predicted molar refractivity (Wildman–Crippen MR) is 50.2 cm³/mol. The number of carboxylic acids is 1. The fourth-order valence-electron chi connectivity index (χ4n) is 0.778. The third-order valence-corrected chi connectivity index (χ3v) is 1.52. The van der Waals surface area contributed by atoms with E-state index in [0.717, 1.165) is 6.08 Å². The van der Waals surface area contributed by atoms with Crippen LogP contribution >= 0.6 is 0 Å². The zero-order valence-electron chi connectivity index (χ0n) is 8.85. The SMILES string of the molecule is COCC(C)(OC)OC(=O)C=CC(=O)O. The molecule has 0 aliphatic carbocycles. The molecule has 0 heterocycles. The van der Waals surface area contributed by atoms with Gasteiger partial charge in [0.15, 0.2) is 0 Å². The number of carboxylic acid groups (broad SMARTS) is 1. The van der Waals surface area contributed by atoms with Gasteiger partial charge in [0.1, 0.15) is 6.61 Å². The third-order valence-electron chi connectivity index (χ3n) is 1.52. The van der Waals surface area contributed by atoms with Gasteiger partial charge in [-0.15, -0.1) is 0 Å². The van der Waals surface area contributed by atoms with Crippen molar-refractivity contribution in [3.63, 3.8) is 0 Å². The van der Waals surface area contributed by atoms with E-state index in [9.17, 15) is 9.59 Å². The summed E-state index contributed by atoms with van der Waals surface area (Å²) in [6.07, 6.45) is 1.49. The predicted octanol–water partition coefficient (Wildman–Crippen LogP) is 0.179. The molecular formula is C9H14O6. The zero-order chi connectivity index (χ0) is 11.9. The number of hydrogen-bond acceptors (Lipinski definition) is 5. The Morgan fingerprint density at radius 1 is 1.33 bits per heavy atom. The van der Waals surface area contributed by atoms with Gasteiger partial charge in [-0.1, -0.05) is 0 Å². The highest BCUT2D eigenvalue weighted by molar-refractivity contribution is 5.90. The molecule has 15 heavy (non-hydrogen) atoms. The van der Waals surface area contributed by atoms with E-state index in [2.05, 4.69) is 0 Å². The van der Waals surface area contributed by atoms with Gasteiger partial charge >= 0.3 is 11.9 Å². The van der Waals surface area contributed by atoms with Gasteiger partial charge in [-0.2, -0.15) is 0 Å². The molecule has 0 amide bonds. The Bertz CT molecular complexity index is 259. The second-order valence-corrected chi connectivity index (χ2v) is 2.86. The van der Waals surface area contributed by atoms with Crippen molar-refractivity contribution in [3.8, 4) is 0 Å². The first-order chi connectivity index (χ1) is 6.93. The minimum absolute atomic E-state index is 0.0517. The Labute approximate surface area is 87.4 Å². The van der Waals surface area contributed by atoms with Crippen molar-refractivity contribution in [2.75, 3.05) is 20.8 Å². The molecule has 0 bridgehead atoms. The Kier molecular flexibility index (Phi) is 5.58. The number of carbonyl (C=O) groups excluding carboxylic acids is 1. The van der Waals surface area contributed by atoms with Crippen molar-refractivity contribution in [1.82, 2.24) is 0 Å². The zero-order valence-corrected chi connectivity index (χ0v) is 8.85. The van der Waals surface area contributed by atoms with E-state index < -0.39 is 17.7 Å². The average Bonchev–Trinajstić information content (AvgIpc) is 2.15. The van der Waals surface area contributed by atoms with Crippen molar-refractivity contribution in [2.24, 2.45) is 0 Å². The lowest BCUT2D eigenvalue weighted by molar-refractivity contribution is -0.225. The van der Waals surface area contributed by atoms with Crippen LogP contribution in [0.4, 0.5) is 0 Å². The topological polar surface area (TPSA) is 82.1 Å². The van der Waals surface area contributed by atoms with E-state index in [0.29, 0.717) is 6.08 Å². The number of aliphatic carboxylic acids is 1. The summed E-state index contributed by atoms with van der Waals surface area (Å²) in [5.74, 6) is -3.24. The lowest BCUT2D eigenvalue weighted by Crippen LogP contribution is -2.38. The van der Waals surface area contributed by atoms with Crippen LogP contribution in [0.25, 0.3) is 0 Å². The second kappa shape index (κ2) is 6.15. The molecule has 0 aromatic rings. The maximum atomic E-state index is 11.1. The first-order valence-corrected chi connectivity index (χ1v) is 4.11. The van der Waals surface area contributed by atoms with Crippen LogP contribution in [0.5, 0.6) is 0 Å². The first kappa shape index (κ1) is 13.6. The van der Waals surface area contributed by atoms with Crippen LogP contribution in [0.15, 0.2) is 12.2 Å². The van der Waals surface area contributed by atoms with Gasteiger partial charge in [0.05, 0.1) is 0 Å². The number of ether oxygens (including phenoxy) is 3. The number of rotatable bonds is 6. The van der Waals surface area contributed by atoms with Gasteiger partial charge in [0.2, 0.25) is 5.79 Å². The molecule has 0 saturated heterocycles. The highest BCUT2D eigenvalue weighted by Crippen LogP contribution is 2.11. The van der Waals surface area contributed by atoms with E-state index in [1.54, 1.807) is 0 Å². The highest BCUT2D eigenvalue weighted by atomic mass is 16.7. The van der Waals surface area contributed by atoms with Gasteiger partial charge in [0, 0.05) is 33.3 Å². The Morgan fingerprint density at radius 2 is 1.93 bits per heavy atom. The van der Waals surface area contributed by atoms with E-state index in [-0.39, 0.29) is 6.61 Å². The normalized spacial score (nSPS) is 14.9. The molecule has 0 aliphatic rings. The van der Waals surface area contributed by atoms with Crippen LogP contribution < -0.4 is 0 Å². The van der Waals surface area contributed by atoms with E-state index >= 15 is 0 Å². The van der Waals surface area contributed by atoms with E-state index in [1.165, 1.54) is 21.1 Å². The number of methoxy groups -OCH3 is 2. The number of esters is 1. The lowest BCUT2D eigenvalue weighted by Gasteiger charge is -2.26. The Balaban J connectivity index is 4.30. The molecule has 0 aromatic carbocycles. The summed E-state index contributed by atoms with van der Waals surface area (Å²) in [6.45, 7) is 1.55. The molecule has 0 aromatic heterocycles. The van der Waals surface area contributed by atoms with Gasteiger partial charge in [-0.3, -0.25) is 0 Å². The van der Waals surface area contributed by atoms with Crippen LogP contribution in [0.1, 0.15) is 6.92 Å². The number of carbonyl (C=O) groups is 2. The fourth-order valence-corrected chi connectivity index (χ4v) is 0.778. The summed E-state index contributed by atoms with van der Waals surface area (Å²) in [6, 6.07) is 0. The molecule has 0 saturated carbocycles. The van der Waals surface area contributed by atoms with Crippen LogP contribution in [0, 0.1) is 0 Å². The minimum atomic E-state index is -1.22. The summed E-state index contributed by atoms with van der Waals surface area (Å²) in [5.41, 5.74) is 0. The summed E-state index contributed by atoms with van der Waals surface area (Å²) in [7, 11) is 2.78. The van der Waals surface area contributed by atoms with Crippen LogP contribution in [0.2, 0.25) is 0 Å². The van der Waals surface area contributed by atoms with Crippen molar-refractivity contribution in [2.45, 2.75) is 12.7 Å². The van der Waals surface area contributed by atoms with Gasteiger partial charge in [0.25, 0.3) is 0 Å². The maximum Gasteiger partial charge on any atom is 0.333 e. The summed E-state index contributed by atoms with van der Waals surface area (Å²) in [5, 5.41) is 8.27. The van der Waals surface area contributed by atoms with Gasteiger partial charge in [-0.05, 0) is 0 Å². The highest BCUT2D eigenvalue weighted by Gasteiger charge is 2.27. The van der Waals surface area contributed by atoms with Crippen molar-refractivity contribution in [1.29, 1.82) is 0 Å². The van der Waals surface area contributed by atoms with Crippen LogP contribution in [-0.4, -0.2) is 43.7 Å². The monoisotopic (exact) mass is 218 g/mol. The van der Waals surface area contributed by atoms with Crippen molar-refractivity contribution in [3.05, 3.63) is 12.2 Å². The fraction of sp³-hybridized carbons (Fsp3) is 0.556. The van der Waals surface area contributed by atoms with Crippen molar-refractivity contribution < 1.29 is 28.9 Å². The molecule has 6 heteroatoms. The maximum absolute atomic E-state index is 11.1. The molecule has 0 radical (unpaired) electrons. The third kappa shape index (κ3) is 5.82. The molecule has 6 nitrogen and oxygen atoms in total. The lowest BCUT2D eigenvalue weighted by atomic mass is 10.3. The van der Waals surface area contributed by atoms with Gasteiger partial charge in [-0.25, -0.2) is 9.59 Å². The molecule has 0 spiro atoms. The number of hydrogen-bond donors (Lipinski definition) is 1. The first-order valence-electron chi connectivity index (χ1n) is 4.11. The van der Waals surface area contributed by atoms with Gasteiger partial charge < -0.3 is 19.3 Å². The summed E-state index contributed by atoms with van der Waals surface area (Å²) in [4.78, 5) is 21.2.